The Balaban J connectivity index is 1.74. The number of rotatable bonds is 8. The van der Waals surface area contributed by atoms with E-state index in [1.54, 1.807) is 48.8 Å². The fourth-order valence-electron chi connectivity index (χ4n) is 2.65. The minimum Gasteiger partial charge on any atom is -0.493 e. The standard InChI is InChI=1S/C21H21N3O5S/c1-28-19-9-8-17(12-20(19)29-14-15-5-4-10-22-13-15)23-21(25)16-6-3-7-18(11-16)24-30(2,26)27/h3-13,24H,14H2,1-2H3,(H,23,25). The molecule has 0 saturated heterocycles. The average Bonchev–Trinajstić information content (AvgIpc) is 2.72. The lowest BCUT2D eigenvalue weighted by Crippen LogP contribution is -2.14. The summed E-state index contributed by atoms with van der Waals surface area (Å²) in [7, 11) is -1.91. The number of amides is 1. The van der Waals surface area contributed by atoms with Crippen LogP contribution in [0, 0.1) is 0 Å². The zero-order valence-corrected chi connectivity index (χ0v) is 17.3. The van der Waals surface area contributed by atoms with Crippen molar-refractivity contribution in [2.75, 3.05) is 23.4 Å². The highest BCUT2D eigenvalue weighted by Crippen LogP contribution is 2.31. The first-order chi connectivity index (χ1) is 14.3. The quantitative estimate of drug-likeness (QED) is 0.571. The molecule has 0 bridgehead atoms. The van der Waals surface area contributed by atoms with Crippen LogP contribution < -0.4 is 19.5 Å². The predicted molar refractivity (Wildman–Crippen MR) is 114 cm³/mol. The molecule has 3 aromatic rings. The van der Waals surface area contributed by atoms with Gasteiger partial charge in [0.2, 0.25) is 10.0 Å². The van der Waals surface area contributed by atoms with Crippen molar-refractivity contribution in [1.82, 2.24) is 4.98 Å². The molecule has 8 nitrogen and oxygen atoms in total. The molecular weight excluding hydrogens is 406 g/mol. The number of carbonyl (C=O) groups is 1. The number of aromatic nitrogens is 1. The van der Waals surface area contributed by atoms with E-state index in [0.29, 0.717) is 35.0 Å². The molecule has 30 heavy (non-hydrogen) atoms. The van der Waals surface area contributed by atoms with Crippen molar-refractivity contribution in [2.45, 2.75) is 6.61 Å². The van der Waals surface area contributed by atoms with Crippen molar-refractivity contribution in [3.8, 4) is 11.5 Å². The van der Waals surface area contributed by atoms with Crippen LogP contribution in [-0.2, 0) is 16.6 Å². The Morgan fingerprint density at radius 3 is 2.57 bits per heavy atom. The van der Waals surface area contributed by atoms with Gasteiger partial charge in [-0.3, -0.25) is 14.5 Å². The van der Waals surface area contributed by atoms with E-state index in [1.165, 1.54) is 13.2 Å². The molecular formula is C21H21N3O5S. The number of nitrogens with one attached hydrogen (secondary N) is 2. The van der Waals surface area contributed by atoms with E-state index >= 15 is 0 Å². The normalized spacial score (nSPS) is 10.9. The van der Waals surface area contributed by atoms with Gasteiger partial charge in [0, 0.05) is 41.0 Å². The molecule has 2 aromatic carbocycles. The topological polar surface area (TPSA) is 107 Å². The van der Waals surface area contributed by atoms with Gasteiger partial charge in [0.25, 0.3) is 5.91 Å². The smallest absolute Gasteiger partial charge is 0.255 e. The molecule has 0 atom stereocenters. The highest BCUT2D eigenvalue weighted by molar-refractivity contribution is 7.92. The van der Waals surface area contributed by atoms with Gasteiger partial charge < -0.3 is 14.8 Å². The SMILES string of the molecule is COc1ccc(NC(=O)c2cccc(NS(C)(=O)=O)c2)cc1OCc1cccnc1. The molecule has 0 fully saturated rings. The number of anilines is 2. The third kappa shape index (κ3) is 5.95. The van der Waals surface area contributed by atoms with Crippen LogP contribution in [-0.4, -0.2) is 32.7 Å². The molecule has 1 amide bonds. The van der Waals surface area contributed by atoms with E-state index in [-0.39, 0.29) is 0 Å². The summed E-state index contributed by atoms with van der Waals surface area (Å²) in [6, 6.07) is 15.0. The Morgan fingerprint density at radius 1 is 1.03 bits per heavy atom. The second-order valence-corrected chi connectivity index (χ2v) is 8.17. The summed E-state index contributed by atoms with van der Waals surface area (Å²) in [5.74, 6) is 0.596. The first-order valence-corrected chi connectivity index (χ1v) is 10.8. The van der Waals surface area contributed by atoms with Crippen molar-refractivity contribution in [3.05, 3.63) is 78.1 Å². The molecule has 0 aliphatic carbocycles. The summed E-state index contributed by atoms with van der Waals surface area (Å²) in [4.78, 5) is 16.7. The van der Waals surface area contributed by atoms with E-state index in [4.69, 9.17) is 9.47 Å². The zero-order chi connectivity index (χ0) is 21.6. The van der Waals surface area contributed by atoms with Crippen LogP contribution in [0.2, 0.25) is 0 Å². The first-order valence-electron chi connectivity index (χ1n) is 8.93. The second-order valence-electron chi connectivity index (χ2n) is 6.42. The number of nitrogens with zero attached hydrogens (tertiary/aromatic N) is 1. The van der Waals surface area contributed by atoms with E-state index in [2.05, 4.69) is 15.0 Å². The molecule has 0 spiro atoms. The Hall–Kier alpha value is -3.59. The molecule has 0 saturated carbocycles. The van der Waals surface area contributed by atoms with E-state index in [9.17, 15) is 13.2 Å². The molecule has 0 aliphatic rings. The number of sulfonamides is 1. The molecule has 0 aliphatic heterocycles. The van der Waals surface area contributed by atoms with Crippen LogP contribution in [0.25, 0.3) is 0 Å². The first kappa shape index (κ1) is 21.1. The number of methoxy groups -OCH3 is 1. The van der Waals surface area contributed by atoms with E-state index < -0.39 is 15.9 Å². The van der Waals surface area contributed by atoms with Crippen molar-refractivity contribution in [1.29, 1.82) is 0 Å². The van der Waals surface area contributed by atoms with Gasteiger partial charge in [-0.15, -0.1) is 0 Å². The lowest BCUT2D eigenvalue weighted by molar-refractivity contribution is 0.102. The van der Waals surface area contributed by atoms with Crippen molar-refractivity contribution >= 4 is 27.3 Å². The summed E-state index contributed by atoms with van der Waals surface area (Å²) in [5, 5.41) is 2.77. The highest BCUT2D eigenvalue weighted by atomic mass is 32.2. The van der Waals surface area contributed by atoms with Crippen molar-refractivity contribution in [2.24, 2.45) is 0 Å². The number of benzene rings is 2. The maximum Gasteiger partial charge on any atom is 0.255 e. The molecule has 2 N–H and O–H groups in total. The number of carbonyl (C=O) groups excluding carboxylic acids is 1. The third-order valence-electron chi connectivity index (χ3n) is 3.97. The molecule has 3 rings (SSSR count). The average molecular weight is 427 g/mol. The maximum atomic E-state index is 12.6. The number of pyridine rings is 1. The third-order valence-corrected chi connectivity index (χ3v) is 4.57. The van der Waals surface area contributed by atoms with Gasteiger partial charge in [-0.05, 0) is 36.4 Å². The van der Waals surface area contributed by atoms with E-state index in [0.717, 1.165) is 11.8 Å². The summed E-state index contributed by atoms with van der Waals surface area (Å²) in [5.41, 5.74) is 2.00. The van der Waals surface area contributed by atoms with Gasteiger partial charge in [0.05, 0.1) is 13.4 Å². The molecule has 0 radical (unpaired) electrons. The minimum absolute atomic E-state index is 0.292. The Morgan fingerprint density at radius 2 is 1.87 bits per heavy atom. The largest absolute Gasteiger partial charge is 0.493 e. The van der Waals surface area contributed by atoms with Crippen molar-refractivity contribution < 1.29 is 22.7 Å². The van der Waals surface area contributed by atoms with Crippen LogP contribution in [0.5, 0.6) is 11.5 Å². The van der Waals surface area contributed by atoms with Crippen LogP contribution in [0.3, 0.4) is 0 Å². The molecule has 1 heterocycles. The lowest BCUT2D eigenvalue weighted by atomic mass is 10.2. The van der Waals surface area contributed by atoms with Crippen LogP contribution >= 0.6 is 0 Å². The Kier molecular flexibility index (Phi) is 6.53. The second kappa shape index (κ2) is 9.27. The van der Waals surface area contributed by atoms with Crippen molar-refractivity contribution in [3.63, 3.8) is 0 Å². The van der Waals surface area contributed by atoms with Gasteiger partial charge in [-0.1, -0.05) is 12.1 Å². The number of hydrogen-bond donors (Lipinski definition) is 2. The van der Waals surface area contributed by atoms with E-state index in [1.807, 2.05) is 12.1 Å². The van der Waals surface area contributed by atoms with Gasteiger partial charge in [-0.25, -0.2) is 8.42 Å². The fourth-order valence-corrected chi connectivity index (χ4v) is 3.21. The summed E-state index contributed by atoms with van der Waals surface area (Å²) < 4.78 is 36.3. The monoisotopic (exact) mass is 427 g/mol. The minimum atomic E-state index is -3.44. The Bertz CT molecular complexity index is 1130. The van der Waals surface area contributed by atoms with Crippen LogP contribution in [0.15, 0.2) is 67.0 Å². The lowest BCUT2D eigenvalue weighted by Gasteiger charge is -2.13. The molecule has 0 unspecified atom stereocenters. The van der Waals surface area contributed by atoms with Gasteiger partial charge in [0.15, 0.2) is 11.5 Å². The zero-order valence-electron chi connectivity index (χ0n) is 16.5. The van der Waals surface area contributed by atoms with Gasteiger partial charge in [-0.2, -0.15) is 0 Å². The van der Waals surface area contributed by atoms with Gasteiger partial charge in [0.1, 0.15) is 6.61 Å². The predicted octanol–water partition coefficient (Wildman–Crippen LogP) is 3.29. The van der Waals surface area contributed by atoms with Crippen LogP contribution in [0.4, 0.5) is 11.4 Å². The van der Waals surface area contributed by atoms with Crippen LogP contribution in [0.1, 0.15) is 15.9 Å². The molecule has 9 heteroatoms. The number of ether oxygens (including phenoxy) is 2. The highest BCUT2D eigenvalue weighted by Gasteiger charge is 2.12. The Labute approximate surface area is 174 Å². The number of hydrogen-bond acceptors (Lipinski definition) is 6. The molecule has 156 valence electrons. The van der Waals surface area contributed by atoms with Gasteiger partial charge >= 0.3 is 0 Å². The summed E-state index contributed by atoms with van der Waals surface area (Å²) in [6.45, 7) is 0.292. The summed E-state index contributed by atoms with van der Waals surface area (Å²) in [6.07, 6.45) is 4.43. The maximum absolute atomic E-state index is 12.6. The summed E-state index contributed by atoms with van der Waals surface area (Å²) >= 11 is 0. The molecule has 1 aromatic heterocycles. The fraction of sp³-hybridized carbons (Fsp3) is 0.143.